The van der Waals surface area contributed by atoms with Crippen molar-refractivity contribution in [3.63, 3.8) is 0 Å². The molecule has 130 valence electrons. The second-order valence-electron chi connectivity index (χ2n) is 5.62. The largest absolute Gasteiger partial charge is 0.497 e. The van der Waals surface area contributed by atoms with E-state index in [1.807, 2.05) is 19.0 Å². The van der Waals surface area contributed by atoms with Crippen molar-refractivity contribution in [2.24, 2.45) is 0 Å². The van der Waals surface area contributed by atoms with Gasteiger partial charge < -0.3 is 23.7 Å². The molecule has 0 unspecified atom stereocenters. The number of nitrogens with zero attached hydrogens (tertiary/aromatic N) is 3. The van der Waals surface area contributed by atoms with E-state index in [0.717, 1.165) is 12.3 Å². The van der Waals surface area contributed by atoms with Gasteiger partial charge in [-0.15, -0.1) is 0 Å². The van der Waals surface area contributed by atoms with E-state index in [0.29, 0.717) is 18.2 Å². The second-order valence-corrected chi connectivity index (χ2v) is 5.62. The van der Waals surface area contributed by atoms with Crippen LogP contribution in [0.1, 0.15) is 16.4 Å². The Bertz CT molecular complexity index is 652. The molecule has 0 aliphatic heterocycles. The smallest absolute Gasteiger partial charge is 0.275 e. The summed E-state index contributed by atoms with van der Waals surface area (Å²) in [6.07, 6.45) is 1.36. The molecule has 2 rings (SSSR count). The molecule has 7 heteroatoms. The summed E-state index contributed by atoms with van der Waals surface area (Å²) in [4.78, 5) is 20.1. The molecule has 0 aliphatic carbocycles. The fourth-order valence-corrected chi connectivity index (χ4v) is 1.94. The summed E-state index contributed by atoms with van der Waals surface area (Å²) in [5, 5.41) is 0. The summed E-state index contributed by atoms with van der Waals surface area (Å²) in [5.74, 6) is 1.61. The van der Waals surface area contributed by atoms with Crippen LogP contribution in [0.15, 0.2) is 34.9 Å². The van der Waals surface area contributed by atoms with Crippen molar-refractivity contribution in [3.05, 3.63) is 42.1 Å². The summed E-state index contributed by atoms with van der Waals surface area (Å²) in [5.41, 5.74) is 0.282. The fraction of sp³-hybridized carbons (Fsp3) is 0.412. The van der Waals surface area contributed by atoms with E-state index in [2.05, 4.69) is 4.98 Å². The maximum absolute atomic E-state index is 12.2. The molecule has 0 aliphatic rings. The van der Waals surface area contributed by atoms with Gasteiger partial charge in [-0.25, -0.2) is 4.98 Å². The lowest BCUT2D eigenvalue weighted by molar-refractivity contribution is 0.0780. The standard InChI is InChI=1S/C17H23N3O4/c1-19(2)9-10-20(3)17(21)15-11-24-16(18-15)12-23-14-7-5-13(22-4)6-8-14/h5-8,11H,9-10,12H2,1-4H3. The third-order valence-electron chi connectivity index (χ3n) is 3.42. The number of aromatic nitrogens is 1. The summed E-state index contributed by atoms with van der Waals surface area (Å²) in [6.45, 7) is 1.56. The quantitative estimate of drug-likeness (QED) is 0.735. The van der Waals surface area contributed by atoms with E-state index in [-0.39, 0.29) is 18.2 Å². The fourth-order valence-electron chi connectivity index (χ4n) is 1.94. The number of carbonyl (C=O) groups excluding carboxylic acids is 1. The number of oxazole rings is 1. The molecule has 1 aromatic carbocycles. The predicted octanol–water partition coefficient (Wildman–Crippen LogP) is 1.90. The van der Waals surface area contributed by atoms with Crippen LogP contribution in [-0.4, -0.2) is 62.0 Å². The Hall–Kier alpha value is -2.54. The van der Waals surface area contributed by atoms with Crippen LogP contribution in [0.25, 0.3) is 0 Å². The molecule has 0 fully saturated rings. The van der Waals surface area contributed by atoms with Crippen molar-refractivity contribution in [2.45, 2.75) is 6.61 Å². The topological polar surface area (TPSA) is 68.0 Å². The maximum Gasteiger partial charge on any atom is 0.275 e. The zero-order chi connectivity index (χ0) is 17.5. The molecule has 0 radical (unpaired) electrons. The highest BCUT2D eigenvalue weighted by Gasteiger charge is 2.16. The van der Waals surface area contributed by atoms with Crippen LogP contribution >= 0.6 is 0 Å². The van der Waals surface area contributed by atoms with E-state index in [1.165, 1.54) is 6.26 Å². The van der Waals surface area contributed by atoms with Crippen molar-refractivity contribution in [2.75, 3.05) is 41.3 Å². The average Bonchev–Trinajstić information content (AvgIpc) is 3.06. The molecular formula is C17H23N3O4. The second kappa shape index (κ2) is 8.35. The third-order valence-corrected chi connectivity index (χ3v) is 3.42. The molecule has 0 spiro atoms. The molecule has 0 bridgehead atoms. The molecule has 0 N–H and O–H groups in total. The number of ether oxygens (including phenoxy) is 2. The summed E-state index contributed by atoms with van der Waals surface area (Å²) in [6, 6.07) is 7.20. The predicted molar refractivity (Wildman–Crippen MR) is 89.3 cm³/mol. The number of methoxy groups -OCH3 is 1. The van der Waals surface area contributed by atoms with Crippen molar-refractivity contribution >= 4 is 5.91 Å². The van der Waals surface area contributed by atoms with Crippen LogP contribution < -0.4 is 9.47 Å². The summed E-state index contributed by atoms with van der Waals surface area (Å²) in [7, 11) is 7.27. The van der Waals surface area contributed by atoms with Gasteiger partial charge in [0.1, 0.15) is 17.8 Å². The monoisotopic (exact) mass is 333 g/mol. The van der Waals surface area contributed by atoms with Gasteiger partial charge in [0.25, 0.3) is 5.91 Å². The molecule has 1 heterocycles. The van der Waals surface area contributed by atoms with Gasteiger partial charge in [-0.05, 0) is 38.4 Å². The lowest BCUT2D eigenvalue weighted by Crippen LogP contribution is -2.33. The Balaban J connectivity index is 1.88. The highest BCUT2D eigenvalue weighted by atomic mass is 16.5. The van der Waals surface area contributed by atoms with Crippen LogP contribution in [-0.2, 0) is 6.61 Å². The highest BCUT2D eigenvalue weighted by Crippen LogP contribution is 2.18. The number of benzene rings is 1. The zero-order valence-corrected chi connectivity index (χ0v) is 14.5. The molecule has 0 saturated heterocycles. The molecule has 2 aromatic rings. The third kappa shape index (κ3) is 4.99. The summed E-state index contributed by atoms with van der Waals surface area (Å²) < 4.78 is 16.0. The summed E-state index contributed by atoms with van der Waals surface area (Å²) >= 11 is 0. The highest BCUT2D eigenvalue weighted by molar-refractivity contribution is 5.91. The molecule has 1 aromatic heterocycles. The zero-order valence-electron chi connectivity index (χ0n) is 14.5. The SMILES string of the molecule is COc1ccc(OCc2nc(C(=O)N(C)CCN(C)C)co2)cc1. The van der Waals surface area contributed by atoms with Crippen molar-refractivity contribution in [1.29, 1.82) is 0 Å². The molecular weight excluding hydrogens is 310 g/mol. The van der Waals surface area contributed by atoms with Gasteiger partial charge in [-0.2, -0.15) is 0 Å². The van der Waals surface area contributed by atoms with Crippen LogP contribution in [0.4, 0.5) is 0 Å². The number of amides is 1. The van der Waals surface area contributed by atoms with Gasteiger partial charge in [0.2, 0.25) is 5.89 Å². The molecule has 1 amide bonds. The molecule has 0 atom stereocenters. The number of rotatable bonds is 8. The Kier molecular flexibility index (Phi) is 6.20. The van der Waals surface area contributed by atoms with Crippen molar-refractivity contribution in [3.8, 4) is 11.5 Å². The number of hydrogen-bond donors (Lipinski definition) is 0. The number of likely N-dealkylation sites (N-methyl/N-ethyl adjacent to an activating group) is 2. The minimum absolute atomic E-state index is 0.154. The lowest BCUT2D eigenvalue weighted by Gasteiger charge is -2.18. The minimum atomic E-state index is -0.170. The Morgan fingerprint density at radius 1 is 1.12 bits per heavy atom. The Morgan fingerprint density at radius 3 is 2.42 bits per heavy atom. The maximum atomic E-state index is 12.2. The Morgan fingerprint density at radius 2 is 1.79 bits per heavy atom. The van der Waals surface area contributed by atoms with E-state index in [9.17, 15) is 4.79 Å². The number of hydrogen-bond acceptors (Lipinski definition) is 6. The van der Waals surface area contributed by atoms with Gasteiger partial charge in [0, 0.05) is 20.1 Å². The minimum Gasteiger partial charge on any atom is -0.497 e. The first-order chi connectivity index (χ1) is 11.5. The molecule has 7 nitrogen and oxygen atoms in total. The van der Waals surface area contributed by atoms with Crippen LogP contribution in [0, 0.1) is 0 Å². The lowest BCUT2D eigenvalue weighted by atomic mass is 10.3. The van der Waals surface area contributed by atoms with Crippen LogP contribution in [0.3, 0.4) is 0 Å². The van der Waals surface area contributed by atoms with Crippen LogP contribution in [0.5, 0.6) is 11.5 Å². The molecule has 24 heavy (non-hydrogen) atoms. The van der Waals surface area contributed by atoms with Crippen LogP contribution in [0.2, 0.25) is 0 Å². The Labute approximate surface area is 141 Å². The van der Waals surface area contributed by atoms with Gasteiger partial charge in [-0.1, -0.05) is 0 Å². The first-order valence-corrected chi connectivity index (χ1v) is 7.61. The van der Waals surface area contributed by atoms with E-state index in [1.54, 1.807) is 43.3 Å². The molecule has 0 saturated carbocycles. The first-order valence-electron chi connectivity index (χ1n) is 7.61. The average molecular weight is 333 g/mol. The van der Waals surface area contributed by atoms with Gasteiger partial charge in [-0.3, -0.25) is 4.79 Å². The van der Waals surface area contributed by atoms with Crippen molar-refractivity contribution in [1.82, 2.24) is 14.8 Å². The van der Waals surface area contributed by atoms with Crippen molar-refractivity contribution < 1.29 is 18.7 Å². The van der Waals surface area contributed by atoms with Gasteiger partial charge in [0.15, 0.2) is 12.3 Å². The van der Waals surface area contributed by atoms with Gasteiger partial charge in [0.05, 0.1) is 7.11 Å². The van der Waals surface area contributed by atoms with E-state index >= 15 is 0 Å². The van der Waals surface area contributed by atoms with E-state index < -0.39 is 0 Å². The van der Waals surface area contributed by atoms with E-state index in [4.69, 9.17) is 13.9 Å². The number of carbonyl (C=O) groups is 1. The van der Waals surface area contributed by atoms with Gasteiger partial charge >= 0.3 is 0 Å². The first kappa shape index (κ1) is 17.8. The normalized spacial score (nSPS) is 10.7.